The Balaban J connectivity index is 2.03. The van der Waals surface area contributed by atoms with Gasteiger partial charge in [-0.1, -0.05) is 0 Å². The van der Waals surface area contributed by atoms with Crippen LogP contribution in [-0.4, -0.2) is 57.0 Å². The molecule has 0 radical (unpaired) electrons. The first-order chi connectivity index (χ1) is 6.83. The molecule has 1 aliphatic heterocycles. The summed E-state index contributed by atoms with van der Waals surface area (Å²) >= 11 is 0. The van der Waals surface area contributed by atoms with E-state index in [2.05, 4.69) is 17.1 Å². The highest BCUT2D eigenvalue weighted by Gasteiger charge is 2.12. The van der Waals surface area contributed by atoms with Gasteiger partial charge in [0.1, 0.15) is 0 Å². The van der Waals surface area contributed by atoms with Crippen molar-refractivity contribution < 1.29 is 9.13 Å². The fraction of sp³-hybridized carbons (Fsp3) is 1.00. The molecule has 4 heteroatoms. The van der Waals surface area contributed by atoms with E-state index in [9.17, 15) is 4.39 Å². The molecule has 1 N–H and O–H groups in total. The molecule has 0 bridgehead atoms. The van der Waals surface area contributed by atoms with Crippen LogP contribution in [0, 0.1) is 0 Å². The molecule has 1 atom stereocenters. The van der Waals surface area contributed by atoms with Gasteiger partial charge in [0.25, 0.3) is 0 Å². The Hall–Kier alpha value is -0.190. The summed E-state index contributed by atoms with van der Waals surface area (Å²) in [5.74, 6) is 0. The Morgan fingerprint density at radius 1 is 1.43 bits per heavy atom. The average molecular weight is 204 g/mol. The Bertz CT molecular complexity index is 140. The molecule has 0 saturated carbocycles. The van der Waals surface area contributed by atoms with E-state index in [1.54, 1.807) is 0 Å². The molecule has 3 nitrogen and oxygen atoms in total. The molecule has 0 aromatic heterocycles. The second-order valence-corrected chi connectivity index (χ2v) is 3.81. The zero-order valence-corrected chi connectivity index (χ0v) is 8.97. The molecule has 1 heterocycles. The van der Waals surface area contributed by atoms with Gasteiger partial charge in [-0.15, -0.1) is 0 Å². The topological polar surface area (TPSA) is 24.5 Å². The van der Waals surface area contributed by atoms with E-state index in [4.69, 9.17) is 4.74 Å². The number of halogens is 1. The molecule has 0 spiro atoms. The van der Waals surface area contributed by atoms with Gasteiger partial charge < -0.3 is 10.1 Å². The SMILES string of the molecule is CC(CN1CCOCC1)NCCCF. The van der Waals surface area contributed by atoms with E-state index in [-0.39, 0.29) is 6.67 Å². The van der Waals surface area contributed by atoms with Crippen LogP contribution in [0.15, 0.2) is 0 Å². The summed E-state index contributed by atoms with van der Waals surface area (Å²) in [7, 11) is 0. The van der Waals surface area contributed by atoms with E-state index in [0.717, 1.165) is 39.4 Å². The molecule has 0 aromatic rings. The molecule has 0 aromatic carbocycles. The highest BCUT2D eigenvalue weighted by atomic mass is 19.1. The van der Waals surface area contributed by atoms with Gasteiger partial charge in [0, 0.05) is 25.7 Å². The summed E-state index contributed by atoms with van der Waals surface area (Å²) in [5, 5.41) is 3.31. The van der Waals surface area contributed by atoms with Gasteiger partial charge in [0.15, 0.2) is 0 Å². The number of nitrogens with zero attached hydrogens (tertiary/aromatic N) is 1. The lowest BCUT2D eigenvalue weighted by Crippen LogP contribution is -2.44. The number of nitrogens with one attached hydrogen (secondary N) is 1. The van der Waals surface area contributed by atoms with Crippen molar-refractivity contribution >= 4 is 0 Å². The third-order valence-corrected chi connectivity index (χ3v) is 2.44. The summed E-state index contributed by atoms with van der Waals surface area (Å²) < 4.78 is 17.1. The molecule has 1 fully saturated rings. The van der Waals surface area contributed by atoms with Gasteiger partial charge in [-0.3, -0.25) is 9.29 Å². The Kier molecular flexibility index (Phi) is 6.07. The number of morpholine rings is 1. The van der Waals surface area contributed by atoms with E-state index >= 15 is 0 Å². The van der Waals surface area contributed by atoms with Gasteiger partial charge in [0.2, 0.25) is 0 Å². The third-order valence-electron chi connectivity index (χ3n) is 2.44. The van der Waals surface area contributed by atoms with Crippen molar-refractivity contribution in [2.24, 2.45) is 0 Å². The standard InChI is InChI=1S/C10H21FN2O/c1-10(12-4-2-3-11)9-13-5-7-14-8-6-13/h10,12H,2-9H2,1H3. The van der Waals surface area contributed by atoms with Crippen LogP contribution in [0.25, 0.3) is 0 Å². The quantitative estimate of drug-likeness (QED) is 0.643. The van der Waals surface area contributed by atoms with Crippen LogP contribution < -0.4 is 5.32 Å². The van der Waals surface area contributed by atoms with Crippen LogP contribution in [0.5, 0.6) is 0 Å². The second kappa shape index (κ2) is 7.15. The normalized spacial score (nSPS) is 21.0. The number of rotatable bonds is 6. The van der Waals surface area contributed by atoms with Gasteiger partial charge >= 0.3 is 0 Å². The highest BCUT2D eigenvalue weighted by molar-refractivity contribution is 4.69. The number of alkyl halides is 1. The largest absolute Gasteiger partial charge is 0.379 e. The van der Waals surface area contributed by atoms with Crippen molar-refractivity contribution in [2.75, 3.05) is 46.1 Å². The second-order valence-electron chi connectivity index (χ2n) is 3.81. The lowest BCUT2D eigenvalue weighted by molar-refractivity contribution is 0.0344. The van der Waals surface area contributed by atoms with Gasteiger partial charge in [-0.05, 0) is 19.9 Å². The molecule has 84 valence electrons. The Morgan fingerprint density at radius 3 is 2.79 bits per heavy atom. The van der Waals surface area contributed by atoms with E-state index in [1.807, 2.05) is 0 Å². The zero-order valence-electron chi connectivity index (χ0n) is 8.97. The van der Waals surface area contributed by atoms with Crippen LogP contribution in [0.4, 0.5) is 4.39 Å². The molecule has 0 aliphatic carbocycles. The molecule has 0 amide bonds. The van der Waals surface area contributed by atoms with Gasteiger partial charge in [-0.2, -0.15) is 0 Å². The molecule has 1 saturated heterocycles. The Morgan fingerprint density at radius 2 is 2.14 bits per heavy atom. The van der Waals surface area contributed by atoms with Crippen molar-refractivity contribution in [3.63, 3.8) is 0 Å². The Labute approximate surface area is 85.6 Å². The van der Waals surface area contributed by atoms with Crippen LogP contribution in [0.1, 0.15) is 13.3 Å². The predicted molar refractivity (Wildman–Crippen MR) is 55.3 cm³/mol. The first-order valence-corrected chi connectivity index (χ1v) is 5.42. The maximum atomic E-state index is 11.8. The molecule has 1 rings (SSSR count). The summed E-state index contributed by atoms with van der Waals surface area (Å²) in [6.07, 6.45) is 0.619. The molecular formula is C10H21FN2O. The molecular weight excluding hydrogens is 183 g/mol. The molecule has 14 heavy (non-hydrogen) atoms. The summed E-state index contributed by atoms with van der Waals surface area (Å²) in [6, 6.07) is 0.444. The van der Waals surface area contributed by atoms with Crippen LogP contribution in [0.3, 0.4) is 0 Å². The number of hydrogen-bond donors (Lipinski definition) is 1. The van der Waals surface area contributed by atoms with Crippen LogP contribution in [-0.2, 0) is 4.74 Å². The van der Waals surface area contributed by atoms with E-state index < -0.39 is 0 Å². The lowest BCUT2D eigenvalue weighted by atomic mass is 10.2. The van der Waals surface area contributed by atoms with Gasteiger partial charge in [-0.25, -0.2) is 0 Å². The fourth-order valence-corrected chi connectivity index (χ4v) is 1.65. The fourth-order valence-electron chi connectivity index (χ4n) is 1.65. The summed E-state index contributed by atoms with van der Waals surface area (Å²) in [6.45, 7) is 7.47. The predicted octanol–water partition coefficient (Wildman–Crippen LogP) is 0.656. The van der Waals surface area contributed by atoms with E-state index in [0.29, 0.717) is 12.5 Å². The maximum Gasteiger partial charge on any atom is 0.0906 e. The summed E-state index contributed by atoms with van der Waals surface area (Å²) in [5.41, 5.74) is 0. The average Bonchev–Trinajstić information content (AvgIpc) is 2.20. The van der Waals surface area contributed by atoms with Crippen molar-refractivity contribution in [3.05, 3.63) is 0 Å². The minimum atomic E-state index is -0.225. The number of hydrogen-bond acceptors (Lipinski definition) is 3. The van der Waals surface area contributed by atoms with Crippen molar-refractivity contribution in [1.29, 1.82) is 0 Å². The first-order valence-electron chi connectivity index (χ1n) is 5.42. The van der Waals surface area contributed by atoms with Crippen LogP contribution in [0.2, 0.25) is 0 Å². The van der Waals surface area contributed by atoms with Crippen molar-refractivity contribution in [1.82, 2.24) is 10.2 Å². The molecule has 1 aliphatic rings. The maximum absolute atomic E-state index is 11.8. The minimum Gasteiger partial charge on any atom is -0.379 e. The zero-order chi connectivity index (χ0) is 10.2. The van der Waals surface area contributed by atoms with Crippen LogP contribution >= 0.6 is 0 Å². The first kappa shape index (κ1) is 11.9. The summed E-state index contributed by atoms with van der Waals surface area (Å²) in [4.78, 5) is 2.39. The number of ether oxygens (including phenoxy) is 1. The highest BCUT2D eigenvalue weighted by Crippen LogP contribution is 1.98. The van der Waals surface area contributed by atoms with E-state index in [1.165, 1.54) is 0 Å². The minimum absolute atomic E-state index is 0.225. The molecule has 1 unspecified atom stereocenters. The smallest absolute Gasteiger partial charge is 0.0906 e. The third kappa shape index (κ3) is 4.88. The van der Waals surface area contributed by atoms with Gasteiger partial charge in [0.05, 0.1) is 19.9 Å². The monoisotopic (exact) mass is 204 g/mol. The van der Waals surface area contributed by atoms with Crippen molar-refractivity contribution in [2.45, 2.75) is 19.4 Å². The van der Waals surface area contributed by atoms with Crippen molar-refractivity contribution in [3.8, 4) is 0 Å². The lowest BCUT2D eigenvalue weighted by Gasteiger charge is -2.29.